The first-order valence-corrected chi connectivity index (χ1v) is 8.06. The predicted molar refractivity (Wildman–Crippen MR) is 92.4 cm³/mol. The minimum absolute atomic E-state index is 0.0452. The van der Waals surface area contributed by atoms with Gasteiger partial charge < -0.3 is 10.1 Å². The van der Waals surface area contributed by atoms with Crippen molar-refractivity contribution in [3.63, 3.8) is 0 Å². The fraction of sp³-hybridized carbons (Fsp3) is 0.235. The topological polar surface area (TPSA) is 38.3 Å². The molecule has 0 heterocycles. The van der Waals surface area contributed by atoms with Crippen LogP contribution in [-0.2, 0) is 4.79 Å². The average molecular weight is 383 g/mol. The van der Waals surface area contributed by atoms with Crippen molar-refractivity contribution in [2.24, 2.45) is 0 Å². The van der Waals surface area contributed by atoms with E-state index in [1.807, 2.05) is 38.1 Å². The summed E-state index contributed by atoms with van der Waals surface area (Å²) >= 11 is 9.21. The van der Waals surface area contributed by atoms with Crippen LogP contribution in [0.4, 0.5) is 0 Å². The molecular weight excluding hydrogens is 366 g/mol. The van der Waals surface area contributed by atoms with Crippen LogP contribution in [0.1, 0.15) is 24.1 Å². The highest BCUT2D eigenvalue weighted by atomic mass is 79.9. The zero-order chi connectivity index (χ0) is 16.1. The average Bonchev–Trinajstić information content (AvgIpc) is 2.47. The zero-order valence-electron chi connectivity index (χ0n) is 12.4. The van der Waals surface area contributed by atoms with Crippen LogP contribution in [-0.4, -0.2) is 12.5 Å². The molecule has 0 fully saturated rings. The molecule has 2 aromatic carbocycles. The minimum atomic E-state index is -0.171. The lowest BCUT2D eigenvalue weighted by Crippen LogP contribution is -2.31. The summed E-state index contributed by atoms with van der Waals surface area (Å²) in [6.07, 6.45) is 0. The molecule has 0 aliphatic rings. The lowest BCUT2D eigenvalue weighted by atomic mass is 10.1. The summed E-state index contributed by atoms with van der Waals surface area (Å²) in [7, 11) is 0. The molecule has 2 aromatic rings. The molecule has 0 aliphatic carbocycles. The van der Waals surface area contributed by atoms with Gasteiger partial charge in [-0.1, -0.05) is 41.4 Å². The summed E-state index contributed by atoms with van der Waals surface area (Å²) in [5.41, 5.74) is 2.25. The van der Waals surface area contributed by atoms with E-state index in [9.17, 15) is 4.79 Å². The highest BCUT2D eigenvalue weighted by Crippen LogP contribution is 2.27. The fourth-order valence-electron chi connectivity index (χ4n) is 1.96. The molecule has 22 heavy (non-hydrogen) atoms. The van der Waals surface area contributed by atoms with Gasteiger partial charge in [-0.15, -0.1) is 0 Å². The van der Waals surface area contributed by atoms with Gasteiger partial charge in [0.2, 0.25) is 0 Å². The largest absolute Gasteiger partial charge is 0.483 e. The van der Waals surface area contributed by atoms with E-state index in [-0.39, 0.29) is 18.6 Å². The Morgan fingerprint density at radius 3 is 2.59 bits per heavy atom. The van der Waals surface area contributed by atoms with E-state index >= 15 is 0 Å². The van der Waals surface area contributed by atoms with Crippen LogP contribution < -0.4 is 10.1 Å². The van der Waals surface area contributed by atoms with Gasteiger partial charge in [-0.05, 0) is 53.5 Å². The Balaban J connectivity index is 1.88. The van der Waals surface area contributed by atoms with Crippen molar-refractivity contribution in [1.82, 2.24) is 5.32 Å². The highest BCUT2D eigenvalue weighted by molar-refractivity contribution is 9.10. The number of hydrogen-bond acceptors (Lipinski definition) is 2. The Morgan fingerprint density at radius 2 is 1.95 bits per heavy atom. The number of rotatable bonds is 5. The van der Waals surface area contributed by atoms with Crippen LogP contribution in [0.5, 0.6) is 5.75 Å². The zero-order valence-corrected chi connectivity index (χ0v) is 14.7. The van der Waals surface area contributed by atoms with E-state index < -0.39 is 0 Å². The molecule has 0 aliphatic heterocycles. The summed E-state index contributed by atoms with van der Waals surface area (Å²) in [6.45, 7) is 3.93. The van der Waals surface area contributed by atoms with E-state index in [0.29, 0.717) is 10.8 Å². The molecule has 1 amide bonds. The van der Waals surface area contributed by atoms with Crippen molar-refractivity contribution in [2.45, 2.75) is 19.9 Å². The summed E-state index contributed by atoms with van der Waals surface area (Å²) in [6, 6.07) is 13.2. The number of carbonyl (C=O) groups is 1. The maximum atomic E-state index is 12.0. The van der Waals surface area contributed by atoms with Gasteiger partial charge in [0.15, 0.2) is 6.61 Å². The van der Waals surface area contributed by atoms with Crippen molar-refractivity contribution in [3.05, 3.63) is 63.1 Å². The van der Waals surface area contributed by atoms with Gasteiger partial charge in [0.25, 0.3) is 5.91 Å². The third kappa shape index (κ3) is 4.75. The second kappa shape index (κ2) is 7.65. The first-order valence-electron chi connectivity index (χ1n) is 6.89. The van der Waals surface area contributed by atoms with Crippen molar-refractivity contribution in [1.29, 1.82) is 0 Å². The molecule has 0 saturated heterocycles. The smallest absolute Gasteiger partial charge is 0.258 e. The van der Waals surface area contributed by atoms with Gasteiger partial charge in [0.1, 0.15) is 5.75 Å². The number of hydrogen-bond donors (Lipinski definition) is 1. The Morgan fingerprint density at radius 1 is 1.27 bits per heavy atom. The maximum absolute atomic E-state index is 12.0. The molecule has 5 heteroatoms. The molecule has 0 radical (unpaired) electrons. The Labute approximate surface area is 143 Å². The molecule has 0 unspecified atom stereocenters. The fourth-order valence-corrected chi connectivity index (χ4v) is 2.75. The number of amides is 1. The lowest BCUT2D eigenvalue weighted by Gasteiger charge is -2.15. The number of halogens is 2. The Hall–Kier alpha value is -1.52. The first kappa shape index (κ1) is 16.8. The molecule has 0 bridgehead atoms. The van der Waals surface area contributed by atoms with Crippen LogP contribution in [0.2, 0.25) is 5.02 Å². The van der Waals surface area contributed by atoms with Crippen LogP contribution in [0.3, 0.4) is 0 Å². The molecular formula is C17H17BrClNO2. The molecule has 0 saturated carbocycles. The van der Waals surface area contributed by atoms with E-state index in [0.717, 1.165) is 10.0 Å². The summed E-state index contributed by atoms with van der Waals surface area (Å²) in [5.74, 6) is 0.414. The summed E-state index contributed by atoms with van der Waals surface area (Å²) < 4.78 is 6.21. The molecule has 116 valence electrons. The van der Waals surface area contributed by atoms with Gasteiger partial charge >= 0.3 is 0 Å². The Bertz CT molecular complexity index is 658. The SMILES string of the molecule is Cc1ccc([C@H](C)NC(=O)COc2ccc(Cl)cc2Br)cc1. The minimum Gasteiger partial charge on any atom is -0.483 e. The Kier molecular flexibility index (Phi) is 5.86. The maximum Gasteiger partial charge on any atom is 0.258 e. The van der Waals surface area contributed by atoms with Gasteiger partial charge in [-0.3, -0.25) is 4.79 Å². The normalized spacial score (nSPS) is 11.8. The highest BCUT2D eigenvalue weighted by Gasteiger charge is 2.11. The van der Waals surface area contributed by atoms with E-state index in [1.54, 1.807) is 18.2 Å². The van der Waals surface area contributed by atoms with Crippen molar-refractivity contribution >= 4 is 33.4 Å². The van der Waals surface area contributed by atoms with E-state index in [1.165, 1.54) is 5.56 Å². The second-order valence-electron chi connectivity index (χ2n) is 5.06. The standard InChI is InChI=1S/C17H17BrClNO2/c1-11-3-5-13(6-4-11)12(2)20-17(21)10-22-16-8-7-14(19)9-15(16)18/h3-9,12H,10H2,1-2H3,(H,20,21)/t12-/m0/s1. The molecule has 1 atom stereocenters. The van der Waals surface area contributed by atoms with Gasteiger partial charge in [0.05, 0.1) is 10.5 Å². The lowest BCUT2D eigenvalue weighted by molar-refractivity contribution is -0.123. The van der Waals surface area contributed by atoms with Crippen molar-refractivity contribution in [3.8, 4) is 5.75 Å². The molecule has 0 aromatic heterocycles. The number of benzene rings is 2. The van der Waals surface area contributed by atoms with Crippen LogP contribution in [0, 0.1) is 6.92 Å². The van der Waals surface area contributed by atoms with Crippen LogP contribution in [0.15, 0.2) is 46.9 Å². The molecule has 2 rings (SSSR count). The van der Waals surface area contributed by atoms with Gasteiger partial charge in [-0.25, -0.2) is 0 Å². The summed E-state index contributed by atoms with van der Waals surface area (Å²) in [4.78, 5) is 12.0. The van der Waals surface area contributed by atoms with Gasteiger partial charge in [-0.2, -0.15) is 0 Å². The third-order valence-electron chi connectivity index (χ3n) is 3.21. The number of carbonyl (C=O) groups excluding carboxylic acids is 1. The number of aryl methyl sites for hydroxylation is 1. The predicted octanol–water partition coefficient (Wildman–Crippen LogP) is 4.67. The second-order valence-corrected chi connectivity index (χ2v) is 6.35. The number of nitrogens with one attached hydrogen (secondary N) is 1. The molecule has 1 N–H and O–H groups in total. The third-order valence-corrected chi connectivity index (χ3v) is 4.06. The van der Waals surface area contributed by atoms with Crippen LogP contribution >= 0.6 is 27.5 Å². The first-order chi connectivity index (χ1) is 10.5. The summed E-state index contributed by atoms with van der Waals surface area (Å²) in [5, 5.41) is 3.52. The molecule has 0 spiro atoms. The van der Waals surface area contributed by atoms with Crippen molar-refractivity contribution in [2.75, 3.05) is 6.61 Å². The van der Waals surface area contributed by atoms with E-state index in [2.05, 4.69) is 21.2 Å². The van der Waals surface area contributed by atoms with Crippen molar-refractivity contribution < 1.29 is 9.53 Å². The monoisotopic (exact) mass is 381 g/mol. The van der Waals surface area contributed by atoms with Gasteiger partial charge in [0, 0.05) is 5.02 Å². The molecule has 3 nitrogen and oxygen atoms in total. The van der Waals surface area contributed by atoms with Crippen LogP contribution in [0.25, 0.3) is 0 Å². The van der Waals surface area contributed by atoms with E-state index in [4.69, 9.17) is 16.3 Å². The quantitative estimate of drug-likeness (QED) is 0.816. The number of ether oxygens (including phenoxy) is 1.